The molecule has 2 amide bonds. The first kappa shape index (κ1) is 32.1. The van der Waals surface area contributed by atoms with Gasteiger partial charge in [-0.3, -0.25) is 13.9 Å². The molecule has 1 unspecified atom stereocenters. The minimum atomic E-state index is -4.24. The first-order valence-corrected chi connectivity index (χ1v) is 15.4. The van der Waals surface area contributed by atoms with Crippen molar-refractivity contribution in [3.05, 3.63) is 88.1 Å². The number of hydrogen-bond acceptors (Lipinski definition) is 5. The molecule has 0 bridgehead atoms. The molecule has 0 radical (unpaired) electrons. The number of ether oxygens (including phenoxy) is 1. The van der Waals surface area contributed by atoms with Crippen molar-refractivity contribution in [3.8, 4) is 5.75 Å². The molecular weight excluding hydrogens is 613 g/mol. The predicted octanol–water partition coefficient (Wildman–Crippen LogP) is 5.43. The number of benzene rings is 3. The van der Waals surface area contributed by atoms with Gasteiger partial charge >= 0.3 is 0 Å². The number of halogens is 2. The van der Waals surface area contributed by atoms with E-state index in [1.165, 1.54) is 54.5 Å². The Labute approximate surface area is 249 Å². The number of sulfonamides is 1. The first-order chi connectivity index (χ1) is 19.4. The molecule has 0 saturated carbocycles. The van der Waals surface area contributed by atoms with Crippen LogP contribution in [0.5, 0.6) is 5.75 Å². The number of nitrogens with zero attached hydrogens (tertiary/aromatic N) is 2. The van der Waals surface area contributed by atoms with Gasteiger partial charge in [-0.05, 0) is 91.1 Å². The number of amides is 2. The average molecular weight is 649 g/mol. The van der Waals surface area contributed by atoms with Crippen LogP contribution in [0.4, 0.5) is 10.1 Å². The van der Waals surface area contributed by atoms with Crippen LogP contribution in [0.2, 0.25) is 0 Å². The van der Waals surface area contributed by atoms with Gasteiger partial charge in [-0.15, -0.1) is 0 Å². The summed E-state index contributed by atoms with van der Waals surface area (Å²) in [5.41, 5.74) is 1.80. The van der Waals surface area contributed by atoms with Gasteiger partial charge in [-0.1, -0.05) is 36.8 Å². The number of methoxy groups -OCH3 is 1. The SMILES string of the molecule is CCC(C(=O)NC(C)C)N(Cc1ccc(F)cc1)C(=O)CN(c1ccc(C)cc1)S(=O)(=O)c1ccc(OC)c(Br)c1. The summed E-state index contributed by atoms with van der Waals surface area (Å²) < 4.78 is 48.3. The Hall–Kier alpha value is -3.44. The van der Waals surface area contributed by atoms with Gasteiger partial charge in [0.2, 0.25) is 11.8 Å². The van der Waals surface area contributed by atoms with E-state index in [0.29, 0.717) is 15.8 Å². The van der Waals surface area contributed by atoms with Gasteiger partial charge in [-0.2, -0.15) is 0 Å². The van der Waals surface area contributed by atoms with Gasteiger partial charge in [0.05, 0.1) is 22.2 Å². The minimum Gasteiger partial charge on any atom is -0.496 e. The van der Waals surface area contributed by atoms with Gasteiger partial charge in [0, 0.05) is 12.6 Å². The highest BCUT2D eigenvalue weighted by atomic mass is 79.9. The molecule has 0 aliphatic carbocycles. The first-order valence-electron chi connectivity index (χ1n) is 13.1. The molecule has 11 heteroatoms. The van der Waals surface area contributed by atoms with E-state index in [1.807, 2.05) is 20.8 Å². The molecule has 3 aromatic carbocycles. The second kappa shape index (κ2) is 14.0. The third-order valence-corrected chi connectivity index (χ3v) is 8.78. The van der Waals surface area contributed by atoms with Crippen molar-refractivity contribution in [1.29, 1.82) is 0 Å². The summed E-state index contributed by atoms with van der Waals surface area (Å²) in [6.45, 7) is 6.70. The maximum atomic E-state index is 14.0. The zero-order chi connectivity index (χ0) is 30.3. The van der Waals surface area contributed by atoms with Crippen molar-refractivity contribution in [2.75, 3.05) is 18.0 Å². The highest BCUT2D eigenvalue weighted by Gasteiger charge is 2.34. The Morgan fingerprint density at radius 1 is 1.02 bits per heavy atom. The molecule has 0 saturated heterocycles. The van der Waals surface area contributed by atoms with Gasteiger partial charge in [0.25, 0.3) is 10.0 Å². The van der Waals surface area contributed by atoms with Gasteiger partial charge < -0.3 is 15.0 Å². The molecule has 0 spiro atoms. The second-order valence-corrected chi connectivity index (χ2v) is 12.6. The summed E-state index contributed by atoms with van der Waals surface area (Å²) in [6.07, 6.45) is 0.286. The van der Waals surface area contributed by atoms with Gasteiger partial charge in [-0.25, -0.2) is 12.8 Å². The van der Waals surface area contributed by atoms with E-state index < -0.39 is 34.3 Å². The lowest BCUT2D eigenvalue weighted by Gasteiger charge is -2.33. The van der Waals surface area contributed by atoms with E-state index in [2.05, 4.69) is 21.2 Å². The fourth-order valence-electron chi connectivity index (χ4n) is 4.26. The fraction of sp³-hybridized carbons (Fsp3) is 0.333. The summed E-state index contributed by atoms with van der Waals surface area (Å²) >= 11 is 3.34. The Balaban J connectivity index is 2.08. The molecule has 41 heavy (non-hydrogen) atoms. The Morgan fingerprint density at radius 3 is 2.20 bits per heavy atom. The molecule has 8 nitrogen and oxygen atoms in total. The van der Waals surface area contributed by atoms with E-state index in [4.69, 9.17) is 4.74 Å². The third kappa shape index (κ3) is 8.07. The van der Waals surface area contributed by atoms with Crippen LogP contribution < -0.4 is 14.4 Å². The maximum Gasteiger partial charge on any atom is 0.264 e. The quantitative estimate of drug-likeness (QED) is 0.283. The van der Waals surface area contributed by atoms with Crippen molar-refractivity contribution in [3.63, 3.8) is 0 Å². The molecule has 0 heterocycles. The van der Waals surface area contributed by atoms with Crippen LogP contribution in [0, 0.1) is 12.7 Å². The smallest absolute Gasteiger partial charge is 0.264 e. The highest BCUT2D eigenvalue weighted by Crippen LogP contribution is 2.31. The second-order valence-electron chi connectivity index (χ2n) is 9.88. The predicted molar refractivity (Wildman–Crippen MR) is 161 cm³/mol. The Bertz CT molecular complexity index is 1460. The van der Waals surface area contributed by atoms with Crippen LogP contribution in [0.25, 0.3) is 0 Å². The third-order valence-electron chi connectivity index (χ3n) is 6.40. The van der Waals surface area contributed by atoms with E-state index in [0.717, 1.165) is 9.87 Å². The van der Waals surface area contributed by atoms with Crippen molar-refractivity contribution in [2.45, 2.75) is 57.6 Å². The molecular formula is C30H35BrFN3O5S. The molecule has 1 atom stereocenters. The van der Waals surface area contributed by atoms with E-state index in [9.17, 15) is 22.4 Å². The fourth-order valence-corrected chi connectivity index (χ4v) is 6.39. The molecule has 3 aromatic rings. The molecule has 0 aromatic heterocycles. The lowest BCUT2D eigenvalue weighted by atomic mass is 10.1. The molecule has 0 aliphatic rings. The lowest BCUT2D eigenvalue weighted by molar-refractivity contribution is -0.140. The van der Waals surface area contributed by atoms with Crippen molar-refractivity contribution >= 4 is 43.5 Å². The standard InChI is InChI=1S/C30H35BrFN3O5S/c1-6-27(30(37)33-20(2)3)34(18-22-9-11-23(32)12-10-22)29(36)19-35(24-13-7-21(4)8-14-24)41(38,39)25-15-16-28(40-5)26(31)17-25/h7-17,20,27H,6,18-19H2,1-5H3,(H,33,37). The molecule has 3 rings (SSSR count). The molecule has 0 aliphatic heterocycles. The Morgan fingerprint density at radius 2 is 1.66 bits per heavy atom. The monoisotopic (exact) mass is 647 g/mol. The number of nitrogens with one attached hydrogen (secondary N) is 1. The van der Waals surface area contributed by atoms with Crippen molar-refractivity contribution < 1.29 is 27.1 Å². The highest BCUT2D eigenvalue weighted by molar-refractivity contribution is 9.10. The summed E-state index contributed by atoms with van der Waals surface area (Å²) in [5, 5.41) is 2.85. The summed E-state index contributed by atoms with van der Waals surface area (Å²) in [6, 6.07) is 15.7. The van der Waals surface area contributed by atoms with Crippen LogP contribution >= 0.6 is 15.9 Å². The largest absolute Gasteiger partial charge is 0.496 e. The number of carbonyl (C=O) groups excluding carboxylic acids is 2. The maximum absolute atomic E-state index is 14.0. The summed E-state index contributed by atoms with van der Waals surface area (Å²) in [7, 11) is -2.77. The zero-order valence-electron chi connectivity index (χ0n) is 23.7. The van der Waals surface area contributed by atoms with E-state index >= 15 is 0 Å². The lowest BCUT2D eigenvalue weighted by Crippen LogP contribution is -2.53. The van der Waals surface area contributed by atoms with Crippen molar-refractivity contribution in [1.82, 2.24) is 10.2 Å². The van der Waals surface area contributed by atoms with E-state index in [1.54, 1.807) is 31.2 Å². The summed E-state index contributed by atoms with van der Waals surface area (Å²) in [4.78, 5) is 28.5. The number of rotatable bonds is 12. The Kier molecular flexibility index (Phi) is 10.9. The van der Waals surface area contributed by atoms with Crippen LogP contribution in [-0.4, -0.2) is 50.9 Å². The van der Waals surface area contributed by atoms with Crippen LogP contribution in [0.3, 0.4) is 0 Å². The minimum absolute atomic E-state index is 0.0149. The normalized spacial score (nSPS) is 12.1. The molecule has 1 N–H and O–H groups in total. The van der Waals surface area contributed by atoms with Gasteiger partial charge in [0.15, 0.2) is 0 Å². The average Bonchev–Trinajstić information content (AvgIpc) is 2.92. The molecule has 220 valence electrons. The van der Waals surface area contributed by atoms with Gasteiger partial charge in [0.1, 0.15) is 24.2 Å². The number of aryl methyl sites for hydroxylation is 1. The van der Waals surface area contributed by atoms with Crippen LogP contribution in [0.1, 0.15) is 38.3 Å². The molecule has 0 fully saturated rings. The van der Waals surface area contributed by atoms with E-state index in [-0.39, 0.29) is 35.5 Å². The van der Waals surface area contributed by atoms with Crippen molar-refractivity contribution in [2.24, 2.45) is 0 Å². The number of anilines is 1. The number of hydrogen-bond donors (Lipinski definition) is 1. The number of carbonyl (C=O) groups is 2. The van der Waals surface area contributed by atoms with Crippen LogP contribution in [0.15, 0.2) is 76.1 Å². The van der Waals surface area contributed by atoms with Crippen LogP contribution in [-0.2, 0) is 26.2 Å². The topological polar surface area (TPSA) is 96.0 Å². The zero-order valence-corrected chi connectivity index (χ0v) is 26.1. The summed E-state index contributed by atoms with van der Waals surface area (Å²) in [5.74, 6) is -0.925.